The van der Waals surface area contributed by atoms with Crippen LogP contribution in [0.3, 0.4) is 0 Å². The summed E-state index contributed by atoms with van der Waals surface area (Å²) in [5, 5.41) is 0.103. The van der Waals surface area contributed by atoms with Gasteiger partial charge in [-0.15, -0.1) is 0 Å². The summed E-state index contributed by atoms with van der Waals surface area (Å²) in [7, 11) is 1.39. The molecule has 0 amide bonds. The van der Waals surface area contributed by atoms with Gasteiger partial charge in [-0.1, -0.05) is 77.1 Å². The summed E-state index contributed by atoms with van der Waals surface area (Å²) < 4.78 is 30.9. The summed E-state index contributed by atoms with van der Waals surface area (Å²) >= 11 is 0. The number of methoxy groups -OCH3 is 2. The maximum Gasteiger partial charge on any atom is 0.250 e. The lowest BCUT2D eigenvalue weighted by Gasteiger charge is -2.36. The van der Waals surface area contributed by atoms with Crippen molar-refractivity contribution in [2.75, 3.05) is 14.2 Å². The molecule has 0 bridgehead atoms. The van der Waals surface area contributed by atoms with Crippen molar-refractivity contribution in [1.82, 2.24) is 0 Å². The van der Waals surface area contributed by atoms with E-state index >= 15 is 0 Å². The Bertz CT molecular complexity index is 1250. The number of ether oxygens (including phenoxy) is 4. The van der Waals surface area contributed by atoms with Gasteiger partial charge in [0.05, 0.1) is 26.4 Å². The third-order valence-electron chi connectivity index (χ3n) is 8.52. The summed E-state index contributed by atoms with van der Waals surface area (Å²) in [5.41, 5.74) is 3.31. The Hall–Kier alpha value is -2.96. The van der Waals surface area contributed by atoms with E-state index in [9.17, 15) is 0 Å². The molecule has 0 N–H and O–H groups in total. The second-order valence-corrected chi connectivity index (χ2v) is 16.9. The maximum atomic E-state index is 6.74. The van der Waals surface area contributed by atoms with E-state index in [1.54, 1.807) is 14.2 Å². The average molecular weight is 549 g/mol. The third-order valence-corrected chi connectivity index (χ3v) is 12.9. The lowest BCUT2D eigenvalue weighted by Crippen LogP contribution is -2.43. The van der Waals surface area contributed by atoms with Crippen molar-refractivity contribution >= 4 is 8.32 Å². The van der Waals surface area contributed by atoms with Gasteiger partial charge in [0.15, 0.2) is 17.2 Å². The Labute approximate surface area is 235 Å². The first-order chi connectivity index (χ1) is 18.4. The Morgan fingerprint density at radius 1 is 0.718 bits per heavy atom. The Balaban J connectivity index is 1.53. The second-order valence-electron chi connectivity index (χ2n) is 12.2. The molecule has 1 fully saturated rings. The van der Waals surface area contributed by atoms with Crippen molar-refractivity contribution in [2.24, 2.45) is 11.8 Å². The van der Waals surface area contributed by atoms with Gasteiger partial charge in [-0.05, 0) is 70.9 Å². The molecule has 0 spiro atoms. The molecule has 1 aliphatic heterocycles. The zero-order chi connectivity index (χ0) is 28.4. The van der Waals surface area contributed by atoms with Crippen LogP contribution in [0.1, 0.15) is 63.5 Å². The number of hydrogen-bond donors (Lipinski definition) is 0. The molecular formula is C33H44O5Si. The van der Waals surface area contributed by atoms with E-state index in [1.807, 2.05) is 36.4 Å². The van der Waals surface area contributed by atoms with Crippen molar-refractivity contribution in [3.63, 3.8) is 0 Å². The molecule has 0 unspecified atom stereocenters. The molecule has 4 atom stereocenters. The van der Waals surface area contributed by atoms with Gasteiger partial charge >= 0.3 is 0 Å². The van der Waals surface area contributed by atoms with Crippen LogP contribution in [0.25, 0.3) is 0 Å². The van der Waals surface area contributed by atoms with E-state index in [0.717, 1.165) is 33.9 Å². The van der Waals surface area contributed by atoms with Crippen LogP contribution in [0.4, 0.5) is 0 Å². The highest BCUT2D eigenvalue weighted by atomic mass is 28.4. The summed E-state index contributed by atoms with van der Waals surface area (Å²) in [5.74, 6) is 3.62. The molecule has 0 aliphatic carbocycles. The number of hydrogen-bond acceptors (Lipinski definition) is 5. The number of benzene rings is 3. The highest BCUT2D eigenvalue weighted by Crippen LogP contribution is 2.51. The monoisotopic (exact) mass is 548 g/mol. The van der Waals surface area contributed by atoms with Crippen molar-refractivity contribution in [3.8, 4) is 23.0 Å². The number of rotatable bonds is 9. The molecule has 6 heteroatoms. The first-order valence-corrected chi connectivity index (χ1v) is 16.7. The van der Waals surface area contributed by atoms with Gasteiger partial charge in [0.25, 0.3) is 8.32 Å². The van der Waals surface area contributed by atoms with Crippen molar-refractivity contribution < 1.29 is 23.4 Å². The first kappa shape index (κ1) is 29.0. The minimum absolute atomic E-state index is 0.0548. The minimum atomic E-state index is -1.99. The fraction of sp³-hybridized carbons (Fsp3) is 0.455. The fourth-order valence-electron chi connectivity index (χ4n) is 4.81. The standard InChI is InChI=1S/C33H44O5Si/c1-22-23(2)32(26-16-18-28(30(20-26)35-7)38-39(8,9)33(3,4)5)37-31(22)25-15-17-27(29(19-25)34-6)36-21-24-13-11-10-12-14-24/h10-20,22-23,31-32H,21H2,1-9H3/t22-,23-,31+,32-/m1/s1. The lowest BCUT2D eigenvalue weighted by molar-refractivity contribution is 0.0288. The summed E-state index contributed by atoms with van der Waals surface area (Å²) in [6.07, 6.45) is -0.114. The van der Waals surface area contributed by atoms with Gasteiger partial charge in [-0.2, -0.15) is 0 Å². The van der Waals surface area contributed by atoms with Crippen molar-refractivity contribution in [1.29, 1.82) is 0 Å². The molecule has 5 nitrogen and oxygen atoms in total. The van der Waals surface area contributed by atoms with Crippen LogP contribution in [0.2, 0.25) is 18.1 Å². The smallest absolute Gasteiger partial charge is 0.250 e. The van der Waals surface area contributed by atoms with Crippen LogP contribution in [0.15, 0.2) is 66.7 Å². The quantitative estimate of drug-likeness (QED) is 0.250. The molecule has 39 heavy (non-hydrogen) atoms. The van der Waals surface area contributed by atoms with E-state index in [2.05, 4.69) is 78.0 Å². The van der Waals surface area contributed by atoms with Crippen LogP contribution in [-0.2, 0) is 11.3 Å². The molecule has 210 valence electrons. The fourth-order valence-corrected chi connectivity index (χ4v) is 5.84. The molecule has 3 aromatic carbocycles. The van der Waals surface area contributed by atoms with Crippen LogP contribution in [0.5, 0.6) is 23.0 Å². The molecule has 0 radical (unpaired) electrons. The largest absolute Gasteiger partial charge is 0.541 e. The summed E-state index contributed by atoms with van der Waals surface area (Å²) in [4.78, 5) is 0. The second kappa shape index (κ2) is 11.6. The topological polar surface area (TPSA) is 46.2 Å². The van der Waals surface area contributed by atoms with Crippen molar-refractivity contribution in [2.45, 2.75) is 71.6 Å². The molecule has 0 saturated carbocycles. The average Bonchev–Trinajstić information content (AvgIpc) is 3.21. The highest BCUT2D eigenvalue weighted by Gasteiger charge is 2.42. The SMILES string of the molecule is COc1cc([C@H]2O[C@@H](c3ccc(O[Si](C)(C)C(C)(C)C)c(OC)c3)[C@H](C)[C@H]2C)ccc1OCc1ccccc1. The Morgan fingerprint density at radius 2 is 1.23 bits per heavy atom. The van der Waals surface area contributed by atoms with Crippen LogP contribution < -0.4 is 18.6 Å². The Morgan fingerprint density at radius 3 is 1.74 bits per heavy atom. The summed E-state index contributed by atoms with van der Waals surface area (Å²) in [6.45, 7) is 16.2. The summed E-state index contributed by atoms with van der Waals surface area (Å²) in [6, 6.07) is 22.5. The van der Waals surface area contributed by atoms with E-state index < -0.39 is 8.32 Å². The molecule has 1 heterocycles. The molecule has 4 rings (SSSR count). The molecular weight excluding hydrogens is 504 g/mol. The van der Waals surface area contributed by atoms with Gasteiger partial charge < -0.3 is 23.4 Å². The first-order valence-electron chi connectivity index (χ1n) is 13.8. The zero-order valence-electron chi connectivity index (χ0n) is 24.9. The predicted octanol–water partition coefficient (Wildman–Crippen LogP) is 8.75. The normalized spacial score (nSPS) is 21.5. The van der Waals surface area contributed by atoms with Crippen molar-refractivity contribution in [3.05, 3.63) is 83.4 Å². The van der Waals surface area contributed by atoms with Gasteiger partial charge in [0.1, 0.15) is 12.4 Å². The van der Waals surface area contributed by atoms with Gasteiger partial charge in [0, 0.05) is 0 Å². The third kappa shape index (κ3) is 6.28. The van der Waals surface area contributed by atoms with E-state index in [-0.39, 0.29) is 17.2 Å². The molecule has 0 aromatic heterocycles. The Kier molecular flexibility index (Phi) is 8.67. The van der Waals surface area contributed by atoms with Crippen LogP contribution in [-0.4, -0.2) is 22.5 Å². The molecule has 3 aromatic rings. The maximum absolute atomic E-state index is 6.74. The zero-order valence-corrected chi connectivity index (χ0v) is 25.9. The van der Waals surface area contributed by atoms with Gasteiger partial charge in [-0.3, -0.25) is 0 Å². The van der Waals surface area contributed by atoms with Gasteiger partial charge in [-0.25, -0.2) is 0 Å². The van der Waals surface area contributed by atoms with E-state index in [1.165, 1.54) is 0 Å². The van der Waals surface area contributed by atoms with Crippen LogP contribution in [0, 0.1) is 11.8 Å². The highest BCUT2D eigenvalue weighted by molar-refractivity contribution is 6.74. The van der Waals surface area contributed by atoms with Crippen LogP contribution >= 0.6 is 0 Å². The van der Waals surface area contributed by atoms with E-state index in [4.69, 9.17) is 23.4 Å². The lowest BCUT2D eigenvalue weighted by atomic mass is 9.85. The van der Waals surface area contributed by atoms with E-state index in [0.29, 0.717) is 24.2 Å². The minimum Gasteiger partial charge on any atom is -0.541 e. The van der Waals surface area contributed by atoms with Gasteiger partial charge in [0.2, 0.25) is 0 Å². The predicted molar refractivity (Wildman–Crippen MR) is 159 cm³/mol. The molecule has 1 saturated heterocycles. The molecule has 1 aliphatic rings.